The number of non-ortho nitro benzene ring substituents is 1. The fourth-order valence-electron chi connectivity index (χ4n) is 5.39. The molecule has 7 rings (SSSR count). The molecule has 46 heavy (non-hydrogen) atoms. The average molecular weight is 722 g/mol. The number of ether oxygens (including phenoxy) is 2. The molecule has 3 aliphatic heterocycles. The van der Waals surface area contributed by atoms with Crippen LogP contribution in [-0.2, 0) is 43.9 Å². The number of nitro benzene ring substituents is 1. The van der Waals surface area contributed by atoms with Crippen molar-refractivity contribution in [2.75, 3.05) is 18.9 Å². The van der Waals surface area contributed by atoms with Crippen molar-refractivity contribution in [2.45, 2.75) is 49.1 Å². The van der Waals surface area contributed by atoms with Gasteiger partial charge in [-0.3, -0.25) is 28.3 Å². The first-order chi connectivity index (χ1) is 21.8. The largest absolute Gasteiger partial charge is 0.387 e. The van der Waals surface area contributed by atoms with E-state index in [0.29, 0.717) is 0 Å². The van der Waals surface area contributed by atoms with Crippen LogP contribution in [0.3, 0.4) is 0 Å². The van der Waals surface area contributed by atoms with Crippen LogP contribution in [0.4, 0.5) is 15.9 Å². The van der Waals surface area contributed by atoms with E-state index in [1.54, 1.807) is 0 Å². The maximum atomic E-state index is 16.0. The van der Waals surface area contributed by atoms with Crippen molar-refractivity contribution in [3.05, 3.63) is 41.0 Å². The molecule has 0 aliphatic carbocycles. The number of fused-ring (bicyclic) bond motifs is 5. The van der Waals surface area contributed by atoms with E-state index >= 15 is 4.39 Å². The number of hydrogen-bond donors (Lipinski definition) is 4. The van der Waals surface area contributed by atoms with Gasteiger partial charge in [-0.2, -0.15) is 0 Å². The highest BCUT2D eigenvalue weighted by molar-refractivity contribution is 8.44. The highest BCUT2D eigenvalue weighted by Gasteiger charge is 2.53. The number of halogens is 1. The molecular weight excluding hydrogens is 699 g/mol. The van der Waals surface area contributed by atoms with Crippen molar-refractivity contribution in [3.63, 3.8) is 0 Å². The van der Waals surface area contributed by atoms with Gasteiger partial charge in [-0.25, -0.2) is 28.6 Å². The third-order valence-corrected chi connectivity index (χ3v) is 10.6. The van der Waals surface area contributed by atoms with E-state index in [2.05, 4.69) is 37.5 Å². The van der Waals surface area contributed by atoms with Gasteiger partial charge in [-0.05, 0) is 17.9 Å². The standard InChI is InChI=1S/C21H22FN9O11P2S2/c22-12-16-11(40-20(12)29-7-26-14-18(23)24-6-25-19(14)29)5-38-44(36,46)42-17-15(32)10(4-37-43(35,45)41-16)39-21(17)30-8-2-1-3-9(31(33)34)13(8)27-28-30/h1-3,6-7,10-12,15-17,20-21,32H,4-5H2,(H,35,45)(H,36,46)(H2,23,24,25)/t10-,11-,12-,15-,16-,17-,20-,21-,43?,44?/m1/s1. The summed E-state index contributed by atoms with van der Waals surface area (Å²) in [5.74, 6) is 0.0418. The van der Waals surface area contributed by atoms with Gasteiger partial charge in [-0.15, -0.1) is 5.10 Å². The molecule has 0 radical (unpaired) electrons. The quantitative estimate of drug-likeness (QED) is 0.101. The molecular formula is C21H22FN9O11P2S2. The summed E-state index contributed by atoms with van der Waals surface area (Å²) < 4.78 is 65.6. The van der Waals surface area contributed by atoms with Crippen LogP contribution >= 0.6 is 25.8 Å². The smallest absolute Gasteiger partial charge is 0.386 e. The molecule has 3 aliphatic rings. The summed E-state index contributed by atoms with van der Waals surface area (Å²) in [6, 6.07) is 4.08. The van der Waals surface area contributed by atoms with Crippen LogP contribution in [0.5, 0.6) is 0 Å². The monoisotopic (exact) mass is 721 g/mol. The lowest BCUT2D eigenvalue weighted by molar-refractivity contribution is -0.383. The fourth-order valence-corrected chi connectivity index (χ4v) is 8.28. The lowest BCUT2D eigenvalue weighted by Gasteiger charge is -2.27. The Bertz CT molecular complexity index is 1940. The van der Waals surface area contributed by atoms with Gasteiger partial charge in [0.15, 0.2) is 35.6 Å². The first kappa shape index (κ1) is 31.8. The molecule has 3 fully saturated rings. The Morgan fingerprint density at radius 2 is 1.87 bits per heavy atom. The third-order valence-electron chi connectivity index (χ3n) is 7.47. The van der Waals surface area contributed by atoms with Crippen LogP contribution in [-0.4, -0.2) is 99.3 Å². The van der Waals surface area contributed by atoms with Crippen molar-refractivity contribution in [1.29, 1.82) is 0 Å². The Hall–Kier alpha value is -2.79. The predicted molar refractivity (Wildman–Crippen MR) is 157 cm³/mol. The van der Waals surface area contributed by atoms with Gasteiger partial charge >= 0.3 is 13.5 Å². The van der Waals surface area contributed by atoms with Gasteiger partial charge in [0.05, 0.1) is 30.0 Å². The maximum absolute atomic E-state index is 16.0. The second-order valence-electron chi connectivity index (χ2n) is 10.3. The number of aromatic nitrogens is 7. The number of nitrogens with two attached hydrogens (primary N) is 1. The van der Waals surface area contributed by atoms with E-state index < -0.39 is 80.8 Å². The number of nitrogens with zero attached hydrogens (tertiary/aromatic N) is 8. The summed E-state index contributed by atoms with van der Waals surface area (Å²) in [4.78, 5) is 34.0. The van der Waals surface area contributed by atoms with Crippen LogP contribution in [0, 0.1) is 10.1 Å². The van der Waals surface area contributed by atoms with Crippen molar-refractivity contribution in [2.24, 2.45) is 0 Å². The van der Waals surface area contributed by atoms with Crippen LogP contribution in [0.2, 0.25) is 0 Å². The molecule has 6 heterocycles. The molecule has 4 aromatic rings. The first-order valence-electron chi connectivity index (χ1n) is 13.2. The number of hydrogen-bond acceptors (Lipinski definition) is 17. The first-order valence-corrected chi connectivity index (χ1v) is 18.5. The average Bonchev–Trinajstić information content (AvgIpc) is 3.76. The number of thiol groups is 1. The second-order valence-corrected chi connectivity index (χ2v) is 15.9. The summed E-state index contributed by atoms with van der Waals surface area (Å²) in [7, 11) is 0. The van der Waals surface area contributed by atoms with Crippen molar-refractivity contribution < 1.29 is 51.4 Å². The zero-order valence-corrected chi connectivity index (χ0v) is 26.3. The molecule has 0 saturated carbocycles. The zero-order chi connectivity index (χ0) is 32.5. The minimum absolute atomic E-state index is 0.0418. The van der Waals surface area contributed by atoms with E-state index in [1.807, 2.05) is 0 Å². The minimum Gasteiger partial charge on any atom is -0.387 e. The van der Waals surface area contributed by atoms with Gasteiger partial charge in [0.1, 0.15) is 42.4 Å². The molecule has 1 aromatic carbocycles. The molecule has 2 unspecified atom stereocenters. The predicted octanol–water partition coefficient (Wildman–Crippen LogP) is 1.33. The van der Waals surface area contributed by atoms with Gasteiger partial charge < -0.3 is 29.7 Å². The lowest BCUT2D eigenvalue weighted by atomic mass is 10.1. The fraction of sp³-hybridized carbons (Fsp3) is 0.476. The Morgan fingerprint density at radius 3 is 2.65 bits per heavy atom. The van der Waals surface area contributed by atoms with E-state index in [9.17, 15) is 24.7 Å². The summed E-state index contributed by atoms with van der Waals surface area (Å²) in [5, 5.41) is 30.5. The Labute approximate surface area is 266 Å². The molecule has 2 bridgehead atoms. The number of aliphatic hydroxyl groups excluding tert-OH is 1. The summed E-state index contributed by atoms with van der Waals surface area (Å²) in [6.07, 6.45) is -9.99. The molecule has 246 valence electrons. The number of nitrogen functional groups attached to an aromatic ring is 1. The van der Waals surface area contributed by atoms with Crippen molar-refractivity contribution >= 4 is 71.3 Å². The summed E-state index contributed by atoms with van der Waals surface area (Å²) in [5.41, 5.74) is 5.84. The molecule has 20 nitrogen and oxygen atoms in total. The van der Waals surface area contributed by atoms with Crippen molar-refractivity contribution in [3.8, 4) is 0 Å². The van der Waals surface area contributed by atoms with Crippen molar-refractivity contribution in [1.82, 2.24) is 34.5 Å². The molecule has 25 heteroatoms. The SMILES string of the molecule is Nc1ncnc2c1ncn2[C@@H]1O[C@@H]2COP(O)(=S)O[C@@H]3[C@H](O)[C@@H](COP(=O)(S)O[C@H]2[C@H]1F)O[C@H]3n1nnc2c([N+](=O)[O-])cccc21. The summed E-state index contributed by atoms with van der Waals surface area (Å²) >= 11 is 9.20. The van der Waals surface area contributed by atoms with E-state index in [4.69, 9.17) is 45.1 Å². The molecule has 10 atom stereocenters. The molecule has 4 N–H and O–H groups in total. The highest BCUT2D eigenvalue weighted by Crippen LogP contribution is 2.58. The number of imidazole rings is 1. The number of alkyl halides is 1. The van der Waals surface area contributed by atoms with Crippen LogP contribution in [0.1, 0.15) is 12.5 Å². The molecule has 3 aromatic heterocycles. The highest BCUT2D eigenvalue weighted by atomic mass is 32.7. The number of rotatable bonds is 3. The van der Waals surface area contributed by atoms with Gasteiger partial charge in [0, 0.05) is 6.07 Å². The van der Waals surface area contributed by atoms with Gasteiger partial charge in [0.2, 0.25) is 0 Å². The third kappa shape index (κ3) is 5.59. The number of nitro groups is 1. The molecule has 3 saturated heterocycles. The normalized spacial score (nSPS) is 37.0. The maximum Gasteiger partial charge on any atom is 0.386 e. The van der Waals surface area contributed by atoms with Gasteiger partial charge in [0.25, 0.3) is 5.69 Å². The lowest BCUT2D eigenvalue weighted by Crippen LogP contribution is -2.35. The number of benzene rings is 1. The second kappa shape index (κ2) is 11.7. The molecule has 0 spiro atoms. The topological polar surface area (TPSA) is 256 Å². The van der Waals surface area contributed by atoms with Gasteiger partial charge in [-0.1, -0.05) is 23.5 Å². The number of aliphatic hydroxyl groups is 1. The molecule has 0 amide bonds. The number of anilines is 1. The summed E-state index contributed by atoms with van der Waals surface area (Å²) in [6.45, 7) is -10.0. The van der Waals surface area contributed by atoms with Crippen LogP contribution in [0.15, 0.2) is 30.9 Å². The van der Waals surface area contributed by atoms with Crippen LogP contribution in [0.25, 0.3) is 22.2 Å². The Morgan fingerprint density at radius 1 is 1.11 bits per heavy atom. The van der Waals surface area contributed by atoms with E-state index in [0.717, 1.165) is 11.0 Å². The van der Waals surface area contributed by atoms with E-state index in [1.165, 1.54) is 29.1 Å². The minimum atomic E-state index is -4.42. The van der Waals surface area contributed by atoms with Crippen LogP contribution < -0.4 is 5.73 Å². The zero-order valence-electron chi connectivity index (χ0n) is 22.8. The Kier molecular flexibility index (Phi) is 8.10. The van der Waals surface area contributed by atoms with E-state index in [-0.39, 0.29) is 33.7 Å². The Balaban J connectivity index is 1.20.